The van der Waals surface area contributed by atoms with E-state index < -0.39 is 11.8 Å². The van der Waals surface area contributed by atoms with Crippen molar-refractivity contribution in [2.24, 2.45) is 0 Å². The molecule has 4 rings (SSSR count). The summed E-state index contributed by atoms with van der Waals surface area (Å²) in [5, 5.41) is 17.1. The first-order valence-electron chi connectivity index (χ1n) is 12.1. The molecule has 1 unspecified atom stereocenters. The van der Waals surface area contributed by atoms with Gasteiger partial charge in [0.2, 0.25) is 11.0 Å². The minimum atomic E-state index is -0.498. The van der Waals surface area contributed by atoms with E-state index in [0.29, 0.717) is 28.4 Å². The lowest BCUT2D eigenvalue weighted by Crippen LogP contribution is -2.30. The van der Waals surface area contributed by atoms with Crippen LogP contribution in [0.4, 0.5) is 10.8 Å². The second kappa shape index (κ2) is 13.4. The van der Waals surface area contributed by atoms with Gasteiger partial charge in [0.1, 0.15) is 10.7 Å². The molecule has 0 bridgehead atoms. The maximum atomic E-state index is 13.3. The van der Waals surface area contributed by atoms with E-state index in [-0.39, 0.29) is 16.9 Å². The van der Waals surface area contributed by atoms with Crippen LogP contribution in [0.5, 0.6) is 0 Å². The van der Waals surface area contributed by atoms with Crippen molar-refractivity contribution in [1.29, 1.82) is 0 Å². The van der Waals surface area contributed by atoms with E-state index in [4.69, 9.17) is 0 Å². The van der Waals surface area contributed by atoms with E-state index in [1.54, 1.807) is 73.1 Å². The number of anilines is 2. The molecule has 0 saturated heterocycles. The molecule has 198 valence electrons. The number of hydrogen-bond donors (Lipinski definition) is 3. The lowest BCUT2D eigenvalue weighted by atomic mass is 10.2. The minimum absolute atomic E-state index is 0.0630. The largest absolute Gasteiger partial charge is 0.321 e. The number of aryl methyl sites for hydroxylation is 1. The van der Waals surface area contributed by atoms with Crippen LogP contribution in [0.2, 0.25) is 0 Å². The molecule has 0 aliphatic heterocycles. The summed E-state index contributed by atoms with van der Waals surface area (Å²) >= 11 is 2.70. The summed E-state index contributed by atoms with van der Waals surface area (Å²) in [5.41, 5.74) is 1.66. The van der Waals surface area contributed by atoms with E-state index in [1.807, 2.05) is 26.0 Å². The van der Waals surface area contributed by atoms with Gasteiger partial charge in [-0.25, -0.2) is 0 Å². The summed E-state index contributed by atoms with van der Waals surface area (Å²) in [6.07, 6.45) is 5.38. The Labute approximate surface area is 234 Å². The summed E-state index contributed by atoms with van der Waals surface area (Å²) < 4.78 is 0. The molecule has 4 aromatic rings. The molecule has 0 aliphatic carbocycles. The molecule has 0 fully saturated rings. The van der Waals surface area contributed by atoms with Crippen LogP contribution >= 0.6 is 23.1 Å². The molecule has 2 heterocycles. The molecule has 39 heavy (non-hydrogen) atoms. The summed E-state index contributed by atoms with van der Waals surface area (Å²) in [7, 11) is 0. The van der Waals surface area contributed by atoms with Gasteiger partial charge in [0, 0.05) is 28.5 Å². The summed E-state index contributed by atoms with van der Waals surface area (Å²) in [5.74, 6) is -1.08. The van der Waals surface area contributed by atoms with Crippen molar-refractivity contribution in [3.63, 3.8) is 0 Å². The van der Waals surface area contributed by atoms with Gasteiger partial charge >= 0.3 is 0 Å². The zero-order valence-corrected chi connectivity index (χ0v) is 22.9. The normalized spacial score (nSPS) is 11.9. The number of hydrogen-bond acceptors (Lipinski definition) is 8. The van der Waals surface area contributed by atoms with Gasteiger partial charge in [-0.3, -0.25) is 24.7 Å². The first-order valence-corrected chi connectivity index (χ1v) is 13.8. The fraction of sp³-hybridized carbons (Fsp3) is 0.143. The molecule has 9 nitrogen and oxygen atoms in total. The lowest BCUT2D eigenvalue weighted by molar-refractivity contribution is -0.116. The summed E-state index contributed by atoms with van der Waals surface area (Å²) in [6, 6.07) is 19.4. The fourth-order valence-electron chi connectivity index (χ4n) is 3.44. The number of aromatic nitrogens is 3. The molecule has 0 aliphatic rings. The molecular formula is C28H26N6O3S2. The van der Waals surface area contributed by atoms with Crippen molar-refractivity contribution in [3.8, 4) is 0 Å². The third kappa shape index (κ3) is 8.06. The highest BCUT2D eigenvalue weighted by molar-refractivity contribution is 8.00. The van der Waals surface area contributed by atoms with E-state index >= 15 is 0 Å². The number of thioether (sulfide) groups is 1. The number of pyridine rings is 1. The molecule has 0 saturated carbocycles. The highest BCUT2D eigenvalue weighted by atomic mass is 32.2. The molecule has 2 aromatic carbocycles. The molecule has 11 heteroatoms. The zero-order valence-electron chi connectivity index (χ0n) is 21.3. The zero-order chi connectivity index (χ0) is 27.6. The maximum Gasteiger partial charge on any atom is 0.272 e. The van der Waals surface area contributed by atoms with Crippen LogP contribution in [0.25, 0.3) is 6.08 Å². The van der Waals surface area contributed by atoms with Crippen LogP contribution < -0.4 is 16.0 Å². The van der Waals surface area contributed by atoms with Gasteiger partial charge in [-0.15, -0.1) is 22.0 Å². The quantitative estimate of drug-likeness (QED) is 0.181. The van der Waals surface area contributed by atoms with Gasteiger partial charge in [0.05, 0.1) is 5.25 Å². The van der Waals surface area contributed by atoms with Crippen LogP contribution in [0.1, 0.15) is 34.3 Å². The third-order valence-corrected chi connectivity index (χ3v) is 7.43. The molecule has 3 N–H and O–H groups in total. The van der Waals surface area contributed by atoms with Crippen LogP contribution in [0.3, 0.4) is 0 Å². The van der Waals surface area contributed by atoms with Gasteiger partial charge in [-0.1, -0.05) is 48.6 Å². The Morgan fingerprint density at radius 1 is 1.00 bits per heavy atom. The Balaban J connectivity index is 1.48. The summed E-state index contributed by atoms with van der Waals surface area (Å²) in [6.45, 7) is 3.75. The molecule has 2 aromatic heterocycles. The smallest absolute Gasteiger partial charge is 0.272 e. The monoisotopic (exact) mass is 558 g/mol. The van der Waals surface area contributed by atoms with Crippen LogP contribution in [0.15, 0.2) is 89.7 Å². The molecular weight excluding hydrogens is 532 g/mol. The van der Waals surface area contributed by atoms with Crippen molar-refractivity contribution < 1.29 is 14.4 Å². The van der Waals surface area contributed by atoms with E-state index in [9.17, 15) is 14.4 Å². The van der Waals surface area contributed by atoms with Crippen molar-refractivity contribution in [3.05, 3.63) is 101 Å². The lowest BCUT2D eigenvalue weighted by Gasteiger charge is -2.15. The van der Waals surface area contributed by atoms with Crippen molar-refractivity contribution >= 4 is 57.7 Å². The van der Waals surface area contributed by atoms with Gasteiger partial charge < -0.3 is 10.6 Å². The number of rotatable bonds is 10. The highest BCUT2D eigenvalue weighted by Gasteiger charge is 2.20. The second-order valence-electron chi connectivity index (χ2n) is 8.28. The molecule has 0 spiro atoms. The Bertz CT molecular complexity index is 1470. The van der Waals surface area contributed by atoms with Crippen LogP contribution in [0, 0.1) is 6.92 Å². The maximum absolute atomic E-state index is 13.3. The van der Waals surface area contributed by atoms with Crippen LogP contribution in [-0.4, -0.2) is 38.2 Å². The molecule has 3 amide bonds. The van der Waals surface area contributed by atoms with E-state index in [2.05, 4.69) is 31.1 Å². The number of nitrogens with zero attached hydrogens (tertiary/aromatic N) is 3. The van der Waals surface area contributed by atoms with Crippen molar-refractivity contribution in [2.75, 3.05) is 10.6 Å². The van der Waals surface area contributed by atoms with Crippen LogP contribution in [-0.2, 0) is 9.59 Å². The summed E-state index contributed by atoms with van der Waals surface area (Å²) in [4.78, 5) is 43.8. The predicted octanol–water partition coefficient (Wildman–Crippen LogP) is 5.16. The number of benzene rings is 2. The first-order chi connectivity index (χ1) is 18.9. The standard InChI is InChI=1S/C28H26N6O3S2/c1-3-24(27(37)32-28-34-33-18(2)38-28)39-22-13-7-12-21(16-22)30-26(36)23(15-19-9-8-14-29-17-19)31-25(35)20-10-5-4-6-11-20/h4-17,24H,3H2,1-2H3,(H,30,36)(H,31,35)(H,32,34,37)/b23-15-. The first kappa shape index (κ1) is 27.7. The average Bonchev–Trinajstić information content (AvgIpc) is 3.36. The Morgan fingerprint density at radius 3 is 2.51 bits per heavy atom. The van der Waals surface area contributed by atoms with Crippen molar-refractivity contribution in [1.82, 2.24) is 20.5 Å². The SMILES string of the molecule is CCC(Sc1cccc(NC(=O)/C(=C/c2cccnc2)NC(=O)c2ccccc2)c1)C(=O)Nc1nnc(C)s1. The molecule has 0 radical (unpaired) electrons. The van der Waals surface area contributed by atoms with Gasteiger partial charge in [0.25, 0.3) is 11.8 Å². The second-order valence-corrected chi connectivity index (χ2v) is 10.7. The van der Waals surface area contributed by atoms with Gasteiger partial charge in [-0.05, 0) is 61.4 Å². The van der Waals surface area contributed by atoms with E-state index in [0.717, 1.165) is 9.90 Å². The average molecular weight is 559 g/mol. The van der Waals surface area contributed by atoms with Gasteiger partial charge in [0.15, 0.2) is 0 Å². The Morgan fingerprint density at radius 2 is 1.82 bits per heavy atom. The number of carbonyl (C=O) groups excluding carboxylic acids is 3. The highest BCUT2D eigenvalue weighted by Crippen LogP contribution is 2.29. The Kier molecular flexibility index (Phi) is 9.54. The Hall–Kier alpha value is -4.35. The third-order valence-electron chi connectivity index (χ3n) is 5.31. The number of carbonyl (C=O) groups is 3. The fourth-order valence-corrected chi connectivity index (χ4v) is 5.04. The number of nitrogens with one attached hydrogen (secondary N) is 3. The molecule has 1 atom stereocenters. The minimum Gasteiger partial charge on any atom is -0.321 e. The topological polar surface area (TPSA) is 126 Å². The van der Waals surface area contributed by atoms with E-state index in [1.165, 1.54) is 23.1 Å². The van der Waals surface area contributed by atoms with Gasteiger partial charge in [-0.2, -0.15) is 0 Å². The number of amides is 3. The van der Waals surface area contributed by atoms with Crippen molar-refractivity contribution in [2.45, 2.75) is 30.4 Å². The predicted molar refractivity (Wildman–Crippen MR) is 154 cm³/mol.